The zero-order valence-corrected chi connectivity index (χ0v) is 21.3. The molecule has 39 heavy (non-hydrogen) atoms. The zero-order chi connectivity index (χ0) is 28.2. The summed E-state index contributed by atoms with van der Waals surface area (Å²) >= 11 is 0. The molecule has 3 aromatic carbocycles. The molecule has 0 radical (unpaired) electrons. The molecule has 3 aromatic rings. The number of rotatable bonds is 10. The van der Waals surface area contributed by atoms with Crippen LogP contribution in [0.25, 0.3) is 11.1 Å². The Hall–Kier alpha value is -3.62. The molecule has 9 heteroatoms. The molecule has 0 aromatic heterocycles. The van der Waals surface area contributed by atoms with E-state index in [0.717, 1.165) is 55.5 Å². The third-order valence-electron chi connectivity index (χ3n) is 6.80. The summed E-state index contributed by atoms with van der Waals surface area (Å²) in [5.74, 6) is -6.50. The second-order valence-electron chi connectivity index (χ2n) is 9.36. The number of alkyl halides is 2. The number of benzene rings is 3. The standard InChI is InChI=1S/C30H28F6O3/c1-3-18-5-7-19(8-6-18)20-9-11-21(12-10-20)39-30(35,36)17-38-25-16-14-23(27(32)29(25)34)22-13-15-24(37-4-2)28(33)26(22)31/h3,9-16,18-19H,1,4-8,17H2,2H3. The molecule has 0 aliphatic heterocycles. The van der Waals surface area contributed by atoms with Gasteiger partial charge in [0.25, 0.3) is 0 Å². The van der Waals surface area contributed by atoms with E-state index >= 15 is 0 Å². The molecule has 0 atom stereocenters. The highest BCUT2D eigenvalue weighted by Crippen LogP contribution is 2.38. The molecule has 0 N–H and O–H groups in total. The summed E-state index contributed by atoms with van der Waals surface area (Å²) in [7, 11) is 0. The van der Waals surface area contributed by atoms with Crippen molar-refractivity contribution in [3.05, 3.63) is 90.0 Å². The van der Waals surface area contributed by atoms with Gasteiger partial charge in [-0.15, -0.1) is 6.58 Å². The quantitative estimate of drug-likeness (QED) is 0.187. The smallest absolute Gasteiger partial charge is 0.432 e. The highest BCUT2D eigenvalue weighted by molar-refractivity contribution is 5.67. The SMILES string of the molecule is C=CC1CCC(c2ccc(OC(F)(F)COc3ccc(-c4ccc(OCC)c(F)c4F)c(F)c3F)cc2)CC1. The Bertz CT molecular complexity index is 1300. The van der Waals surface area contributed by atoms with Crippen molar-refractivity contribution >= 4 is 0 Å². The van der Waals surface area contributed by atoms with Crippen LogP contribution in [-0.4, -0.2) is 19.3 Å². The van der Waals surface area contributed by atoms with E-state index in [9.17, 15) is 26.3 Å². The number of allylic oxidation sites excluding steroid dienone is 1. The second kappa shape index (κ2) is 12.1. The molecule has 0 bridgehead atoms. The van der Waals surface area contributed by atoms with E-state index in [-0.39, 0.29) is 18.1 Å². The molecule has 0 unspecified atom stereocenters. The van der Waals surface area contributed by atoms with Crippen LogP contribution in [0.15, 0.2) is 61.2 Å². The number of ether oxygens (including phenoxy) is 3. The van der Waals surface area contributed by atoms with Gasteiger partial charge in [0.2, 0.25) is 11.6 Å². The maximum atomic E-state index is 14.7. The largest absolute Gasteiger partial charge is 0.491 e. The van der Waals surface area contributed by atoms with Crippen LogP contribution in [0.4, 0.5) is 26.3 Å². The molecule has 0 spiro atoms. The molecule has 4 rings (SSSR count). The van der Waals surface area contributed by atoms with Gasteiger partial charge in [-0.05, 0) is 86.4 Å². The van der Waals surface area contributed by atoms with Crippen LogP contribution >= 0.6 is 0 Å². The number of hydrogen-bond donors (Lipinski definition) is 0. The van der Waals surface area contributed by atoms with E-state index in [4.69, 9.17) is 14.2 Å². The lowest BCUT2D eigenvalue weighted by Gasteiger charge is -2.27. The first kappa shape index (κ1) is 28.4. The molecular formula is C30H28F6O3. The van der Waals surface area contributed by atoms with Crippen LogP contribution in [0, 0.1) is 29.2 Å². The first-order valence-electron chi connectivity index (χ1n) is 12.6. The van der Waals surface area contributed by atoms with Gasteiger partial charge in [0, 0.05) is 11.1 Å². The molecule has 1 fully saturated rings. The summed E-state index contributed by atoms with van der Waals surface area (Å²) in [4.78, 5) is 0. The monoisotopic (exact) mass is 550 g/mol. The molecular weight excluding hydrogens is 522 g/mol. The van der Waals surface area contributed by atoms with E-state index in [2.05, 4.69) is 6.58 Å². The minimum absolute atomic E-state index is 0.0711. The van der Waals surface area contributed by atoms with Gasteiger partial charge < -0.3 is 14.2 Å². The van der Waals surface area contributed by atoms with Crippen molar-refractivity contribution in [1.29, 1.82) is 0 Å². The van der Waals surface area contributed by atoms with Gasteiger partial charge in [-0.1, -0.05) is 18.2 Å². The number of hydrogen-bond acceptors (Lipinski definition) is 3. The van der Waals surface area contributed by atoms with Gasteiger partial charge in [-0.3, -0.25) is 0 Å². The molecule has 208 valence electrons. The molecule has 0 heterocycles. The minimum atomic E-state index is -3.87. The van der Waals surface area contributed by atoms with E-state index in [0.29, 0.717) is 11.8 Å². The highest BCUT2D eigenvalue weighted by Gasteiger charge is 2.34. The molecule has 0 saturated heterocycles. The lowest BCUT2D eigenvalue weighted by atomic mass is 9.79. The number of halogens is 6. The van der Waals surface area contributed by atoms with Gasteiger partial charge in [0.1, 0.15) is 5.75 Å². The van der Waals surface area contributed by atoms with Crippen LogP contribution in [0.2, 0.25) is 0 Å². The highest BCUT2D eigenvalue weighted by atomic mass is 19.3. The van der Waals surface area contributed by atoms with Crippen LogP contribution in [-0.2, 0) is 0 Å². The van der Waals surface area contributed by atoms with Crippen molar-refractivity contribution in [2.45, 2.75) is 44.6 Å². The topological polar surface area (TPSA) is 27.7 Å². The lowest BCUT2D eigenvalue weighted by Crippen LogP contribution is -2.32. The van der Waals surface area contributed by atoms with Crippen molar-refractivity contribution in [3.8, 4) is 28.4 Å². The normalized spacial score (nSPS) is 17.5. The minimum Gasteiger partial charge on any atom is -0.491 e. The molecule has 1 aliphatic rings. The first-order valence-corrected chi connectivity index (χ1v) is 12.6. The van der Waals surface area contributed by atoms with Gasteiger partial charge in [-0.25, -0.2) is 8.78 Å². The fraction of sp³-hybridized carbons (Fsp3) is 0.333. The summed E-state index contributed by atoms with van der Waals surface area (Å²) in [6, 6.07) is 10.2. The Balaban J connectivity index is 1.40. The van der Waals surface area contributed by atoms with E-state index in [1.807, 2.05) is 6.08 Å². The van der Waals surface area contributed by atoms with Crippen molar-refractivity contribution in [2.24, 2.45) is 5.92 Å². The summed E-state index contributed by atoms with van der Waals surface area (Å²) in [5.41, 5.74) is -0.143. The van der Waals surface area contributed by atoms with Crippen molar-refractivity contribution in [2.75, 3.05) is 13.2 Å². The van der Waals surface area contributed by atoms with Crippen molar-refractivity contribution < 1.29 is 40.6 Å². The van der Waals surface area contributed by atoms with Gasteiger partial charge >= 0.3 is 6.11 Å². The Kier molecular flexibility index (Phi) is 8.77. The Labute approximate surface area is 223 Å². The van der Waals surface area contributed by atoms with Crippen LogP contribution < -0.4 is 14.2 Å². The van der Waals surface area contributed by atoms with Gasteiger partial charge in [0.15, 0.2) is 29.7 Å². The fourth-order valence-electron chi connectivity index (χ4n) is 4.72. The van der Waals surface area contributed by atoms with E-state index in [1.165, 1.54) is 12.1 Å². The van der Waals surface area contributed by atoms with Crippen molar-refractivity contribution in [1.82, 2.24) is 0 Å². The predicted octanol–water partition coefficient (Wildman–Crippen LogP) is 8.82. The Morgan fingerprint density at radius 2 is 1.31 bits per heavy atom. The summed E-state index contributed by atoms with van der Waals surface area (Å²) in [6.07, 6.45) is 2.14. The summed E-state index contributed by atoms with van der Waals surface area (Å²) in [5, 5.41) is 0. The van der Waals surface area contributed by atoms with Crippen LogP contribution in [0.1, 0.15) is 44.1 Å². The van der Waals surface area contributed by atoms with E-state index in [1.54, 1.807) is 19.1 Å². The fourth-order valence-corrected chi connectivity index (χ4v) is 4.72. The third-order valence-corrected chi connectivity index (χ3v) is 6.80. The van der Waals surface area contributed by atoms with E-state index < -0.39 is 52.9 Å². The average molecular weight is 551 g/mol. The van der Waals surface area contributed by atoms with Crippen LogP contribution in [0.3, 0.4) is 0 Å². The summed E-state index contributed by atoms with van der Waals surface area (Å²) in [6.45, 7) is 4.06. The Morgan fingerprint density at radius 1 is 0.769 bits per heavy atom. The third kappa shape index (κ3) is 6.52. The van der Waals surface area contributed by atoms with Crippen LogP contribution in [0.5, 0.6) is 17.2 Å². The maximum Gasteiger partial charge on any atom is 0.432 e. The van der Waals surface area contributed by atoms with Crippen molar-refractivity contribution in [3.63, 3.8) is 0 Å². The van der Waals surface area contributed by atoms with Gasteiger partial charge in [0.05, 0.1) is 6.61 Å². The second-order valence-corrected chi connectivity index (χ2v) is 9.36. The summed E-state index contributed by atoms with van der Waals surface area (Å²) < 4.78 is 101. The molecule has 1 aliphatic carbocycles. The lowest BCUT2D eigenvalue weighted by molar-refractivity contribution is -0.195. The maximum absolute atomic E-state index is 14.7. The van der Waals surface area contributed by atoms with Gasteiger partial charge in [-0.2, -0.15) is 17.6 Å². The Morgan fingerprint density at radius 3 is 1.82 bits per heavy atom. The molecule has 1 saturated carbocycles. The molecule has 0 amide bonds. The first-order chi connectivity index (χ1) is 18.6. The average Bonchev–Trinajstić information content (AvgIpc) is 2.93. The zero-order valence-electron chi connectivity index (χ0n) is 21.3. The molecule has 3 nitrogen and oxygen atoms in total. The predicted molar refractivity (Wildman–Crippen MR) is 135 cm³/mol.